The molecule has 0 saturated heterocycles. The molecule has 1 heterocycles. The van der Waals surface area contributed by atoms with Crippen molar-refractivity contribution in [3.8, 4) is 5.69 Å². The van der Waals surface area contributed by atoms with Gasteiger partial charge < -0.3 is 4.57 Å². The van der Waals surface area contributed by atoms with Crippen molar-refractivity contribution < 1.29 is 4.92 Å². The number of rotatable bonds is 5. The Balaban J connectivity index is 2.45. The van der Waals surface area contributed by atoms with Gasteiger partial charge >= 0.3 is 0 Å². The van der Waals surface area contributed by atoms with Crippen LogP contribution in [0.2, 0.25) is 0 Å². The molecule has 0 spiro atoms. The van der Waals surface area contributed by atoms with Gasteiger partial charge in [0.2, 0.25) is 0 Å². The minimum Gasteiger partial charge on any atom is -0.315 e. The summed E-state index contributed by atoms with van der Waals surface area (Å²) in [6.07, 6.45) is 4.03. The smallest absolute Gasteiger partial charge is 0.293 e. The number of para-hydroxylation sites is 2. The lowest BCUT2D eigenvalue weighted by Gasteiger charge is -2.08. The van der Waals surface area contributed by atoms with Gasteiger partial charge in [-0.2, -0.15) is 5.41 Å². The van der Waals surface area contributed by atoms with Crippen LogP contribution >= 0.6 is 0 Å². The average molecular weight is 242 g/mol. The topological polar surface area (TPSA) is 70.4 Å². The van der Waals surface area contributed by atoms with Gasteiger partial charge in [-0.3, -0.25) is 10.1 Å². The number of hydrogen-bond donors (Lipinski definition) is 0. The summed E-state index contributed by atoms with van der Waals surface area (Å²) in [6.45, 7) is 0. The third kappa shape index (κ3) is 2.29. The molecule has 18 heavy (non-hydrogen) atoms. The summed E-state index contributed by atoms with van der Waals surface area (Å²) in [7, 11) is 0. The summed E-state index contributed by atoms with van der Waals surface area (Å²) < 4.78 is 1.78. The van der Waals surface area contributed by atoms with Crippen LogP contribution in [0.25, 0.3) is 5.69 Å². The van der Waals surface area contributed by atoms with Crippen molar-refractivity contribution in [1.82, 2.24) is 9.98 Å². The van der Waals surface area contributed by atoms with Crippen molar-refractivity contribution in [2.24, 2.45) is 0 Å². The highest BCUT2D eigenvalue weighted by atomic mass is 16.6. The number of hydrogen-bond acceptors (Lipinski definition) is 2. The van der Waals surface area contributed by atoms with Gasteiger partial charge in [0.15, 0.2) is 0 Å². The Kier molecular flexibility index (Phi) is 3.52. The highest BCUT2D eigenvalue weighted by molar-refractivity contribution is 5.56. The predicted octanol–water partition coefficient (Wildman–Crippen LogP) is 2.19. The maximum Gasteiger partial charge on any atom is 0.293 e. The number of aryl methyl sites for hydroxylation is 1. The molecule has 0 bridgehead atoms. The Hall–Kier alpha value is -2.43. The second kappa shape index (κ2) is 5.27. The molecule has 0 atom stereocenters. The number of benzene rings is 1. The van der Waals surface area contributed by atoms with E-state index in [1.165, 1.54) is 6.07 Å². The fourth-order valence-electron chi connectivity index (χ4n) is 1.89. The highest BCUT2D eigenvalue weighted by Gasteiger charge is 2.15. The summed E-state index contributed by atoms with van der Waals surface area (Å²) >= 11 is 0. The Bertz CT molecular complexity index is 575. The van der Waals surface area contributed by atoms with Gasteiger partial charge in [-0.1, -0.05) is 12.1 Å². The van der Waals surface area contributed by atoms with E-state index in [4.69, 9.17) is 5.41 Å². The molecular weight excluding hydrogens is 230 g/mol. The molecule has 0 aliphatic heterocycles. The molecule has 0 aliphatic carbocycles. The summed E-state index contributed by atoms with van der Waals surface area (Å²) in [5.74, 6) is 0. The largest absolute Gasteiger partial charge is 0.315 e. The molecule has 5 heteroatoms. The van der Waals surface area contributed by atoms with Crippen LogP contribution in [0.1, 0.15) is 12.1 Å². The van der Waals surface area contributed by atoms with E-state index in [1.54, 1.807) is 29.0 Å². The fourth-order valence-corrected chi connectivity index (χ4v) is 1.89. The molecule has 0 unspecified atom stereocenters. The standard InChI is InChI=1S/C13H12N3O2/c14-9-3-5-11-6-4-10-15(11)12-7-1-2-8-13(12)16(17)18/h1-2,4,6-10H,3,5H2. The zero-order valence-electron chi connectivity index (χ0n) is 9.69. The zero-order valence-corrected chi connectivity index (χ0v) is 9.69. The summed E-state index contributed by atoms with van der Waals surface area (Å²) in [5.41, 5.74) is 1.54. The number of nitro benzene ring substituents is 1. The highest BCUT2D eigenvalue weighted by Crippen LogP contribution is 2.24. The van der Waals surface area contributed by atoms with Gasteiger partial charge in [-0.05, 0) is 31.0 Å². The Morgan fingerprint density at radius 1 is 1.28 bits per heavy atom. The van der Waals surface area contributed by atoms with Gasteiger partial charge in [0.1, 0.15) is 5.69 Å². The lowest BCUT2D eigenvalue weighted by molar-refractivity contribution is -0.384. The van der Waals surface area contributed by atoms with Gasteiger partial charge in [0, 0.05) is 24.2 Å². The molecule has 5 nitrogen and oxygen atoms in total. The molecule has 1 radical (unpaired) electrons. The van der Waals surface area contributed by atoms with Crippen molar-refractivity contribution in [2.45, 2.75) is 12.8 Å². The second-order valence-corrected chi connectivity index (χ2v) is 3.84. The van der Waals surface area contributed by atoms with Crippen LogP contribution in [0.3, 0.4) is 0 Å². The van der Waals surface area contributed by atoms with E-state index in [1.807, 2.05) is 12.1 Å². The van der Waals surface area contributed by atoms with Crippen LogP contribution in [-0.2, 0) is 6.42 Å². The predicted molar refractivity (Wildman–Crippen MR) is 68.9 cm³/mol. The summed E-state index contributed by atoms with van der Waals surface area (Å²) in [4.78, 5) is 10.6. The number of nitrogens with zero attached hydrogens (tertiary/aromatic N) is 3. The maximum atomic E-state index is 11.0. The average Bonchev–Trinajstić information content (AvgIpc) is 2.84. The first-order valence-electron chi connectivity index (χ1n) is 5.60. The molecular formula is C13H12N3O2. The Labute approximate surface area is 104 Å². The van der Waals surface area contributed by atoms with E-state index in [9.17, 15) is 10.1 Å². The minimum absolute atomic E-state index is 0.0722. The minimum atomic E-state index is -0.392. The number of nitro groups is 1. The van der Waals surface area contributed by atoms with Crippen LogP contribution in [0.5, 0.6) is 0 Å². The molecule has 1 aromatic heterocycles. The zero-order chi connectivity index (χ0) is 13.0. The van der Waals surface area contributed by atoms with Crippen molar-refractivity contribution in [3.63, 3.8) is 0 Å². The van der Waals surface area contributed by atoms with Crippen LogP contribution in [0, 0.1) is 10.1 Å². The Morgan fingerprint density at radius 3 is 2.78 bits per heavy atom. The lowest BCUT2D eigenvalue weighted by Crippen LogP contribution is -2.03. The molecule has 0 N–H and O–H groups in total. The SMILES string of the molecule is [N]=CCCc1cccn1-c1ccccc1[N+](=O)[O-]. The first-order valence-corrected chi connectivity index (χ1v) is 5.60. The molecule has 0 saturated carbocycles. The van der Waals surface area contributed by atoms with Gasteiger partial charge in [0.25, 0.3) is 5.69 Å². The molecule has 0 fully saturated rings. The molecule has 2 rings (SSSR count). The van der Waals surface area contributed by atoms with Crippen LogP contribution in [0.4, 0.5) is 5.69 Å². The van der Waals surface area contributed by atoms with Crippen molar-refractivity contribution in [3.05, 3.63) is 58.4 Å². The van der Waals surface area contributed by atoms with E-state index >= 15 is 0 Å². The Morgan fingerprint density at radius 2 is 2.06 bits per heavy atom. The van der Waals surface area contributed by atoms with Crippen LogP contribution < -0.4 is 5.41 Å². The monoisotopic (exact) mass is 242 g/mol. The van der Waals surface area contributed by atoms with E-state index in [-0.39, 0.29) is 5.69 Å². The van der Waals surface area contributed by atoms with Crippen molar-refractivity contribution in [1.29, 1.82) is 0 Å². The van der Waals surface area contributed by atoms with E-state index in [2.05, 4.69) is 0 Å². The normalized spacial score (nSPS) is 10.2. The maximum absolute atomic E-state index is 11.0. The van der Waals surface area contributed by atoms with E-state index < -0.39 is 4.92 Å². The first-order chi connectivity index (χ1) is 8.74. The van der Waals surface area contributed by atoms with Gasteiger partial charge in [-0.25, -0.2) is 0 Å². The van der Waals surface area contributed by atoms with E-state index in [0.717, 1.165) is 11.9 Å². The third-order valence-electron chi connectivity index (χ3n) is 2.70. The molecule has 2 aromatic rings. The van der Waals surface area contributed by atoms with Gasteiger partial charge in [-0.15, -0.1) is 0 Å². The molecule has 0 aliphatic rings. The van der Waals surface area contributed by atoms with E-state index in [0.29, 0.717) is 18.5 Å². The molecule has 1 aromatic carbocycles. The van der Waals surface area contributed by atoms with Crippen molar-refractivity contribution >= 4 is 11.9 Å². The third-order valence-corrected chi connectivity index (χ3v) is 2.70. The summed E-state index contributed by atoms with van der Waals surface area (Å²) in [5, 5.41) is 19.7. The molecule has 0 amide bonds. The first kappa shape index (κ1) is 12.0. The van der Waals surface area contributed by atoms with Crippen molar-refractivity contribution in [2.75, 3.05) is 0 Å². The number of aromatic nitrogens is 1. The van der Waals surface area contributed by atoms with Gasteiger partial charge in [0.05, 0.1) is 4.92 Å². The molecule has 91 valence electrons. The lowest BCUT2D eigenvalue weighted by atomic mass is 10.2. The fraction of sp³-hybridized carbons (Fsp3) is 0.154. The summed E-state index contributed by atoms with van der Waals surface area (Å²) in [6, 6.07) is 10.3. The van der Waals surface area contributed by atoms with Crippen LogP contribution in [-0.4, -0.2) is 15.7 Å². The quantitative estimate of drug-likeness (QED) is 0.458. The van der Waals surface area contributed by atoms with Crippen LogP contribution in [0.15, 0.2) is 42.6 Å². The second-order valence-electron chi connectivity index (χ2n) is 3.84.